The topological polar surface area (TPSA) is 37.8 Å². The van der Waals surface area contributed by atoms with Gasteiger partial charge in [0.25, 0.3) is 0 Å². The molecule has 1 aromatic heterocycles. The molecule has 2 rings (SSSR count). The molecule has 0 atom stereocenters. The Hall–Kier alpha value is -1.97. The first kappa shape index (κ1) is 14.4. The zero-order chi connectivity index (χ0) is 14.5. The molecule has 0 saturated heterocycles. The van der Waals surface area contributed by atoms with Gasteiger partial charge in [0.15, 0.2) is 5.82 Å². The fourth-order valence-corrected chi connectivity index (χ4v) is 2.14. The standard InChI is InChI=1S/C16H20FN3/c1-4-10-18-16-14(5-2)11(3)19-15(20-16)12-6-8-13(17)9-7-12/h6-9H,4-5,10H2,1-3H3,(H,18,19,20). The van der Waals surface area contributed by atoms with Gasteiger partial charge in [-0.15, -0.1) is 0 Å². The van der Waals surface area contributed by atoms with E-state index in [2.05, 4.69) is 29.1 Å². The summed E-state index contributed by atoms with van der Waals surface area (Å²) in [7, 11) is 0. The van der Waals surface area contributed by atoms with E-state index in [0.29, 0.717) is 5.82 Å². The second-order valence-electron chi connectivity index (χ2n) is 4.75. The van der Waals surface area contributed by atoms with Crippen LogP contribution in [0.4, 0.5) is 10.2 Å². The summed E-state index contributed by atoms with van der Waals surface area (Å²) in [6.07, 6.45) is 1.93. The molecule has 0 fully saturated rings. The third kappa shape index (κ3) is 3.13. The smallest absolute Gasteiger partial charge is 0.161 e. The van der Waals surface area contributed by atoms with Crippen molar-refractivity contribution in [3.05, 3.63) is 41.3 Å². The molecule has 0 aliphatic heterocycles. The number of rotatable bonds is 5. The molecule has 1 heterocycles. The van der Waals surface area contributed by atoms with Gasteiger partial charge in [0.05, 0.1) is 0 Å². The van der Waals surface area contributed by atoms with E-state index in [4.69, 9.17) is 0 Å². The van der Waals surface area contributed by atoms with Gasteiger partial charge in [-0.2, -0.15) is 0 Å². The number of hydrogen-bond acceptors (Lipinski definition) is 3. The van der Waals surface area contributed by atoms with Crippen LogP contribution in [0.5, 0.6) is 0 Å². The predicted octanol–water partition coefficient (Wildman–Crippen LogP) is 3.98. The molecule has 20 heavy (non-hydrogen) atoms. The van der Waals surface area contributed by atoms with Crippen molar-refractivity contribution in [1.29, 1.82) is 0 Å². The molecule has 1 aromatic carbocycles. The first-order valence-electron chi connectivity index (χ1n) is 7.03. The SMILES string of the molecule is CCCNc1nc(-c2ccc(F)cc2)nc(C)c1CC. The number of hydrogen-bond donors (Lipinski definition) is 1. The highest BCUT2D eigenvalue weighted by atomic mass is 19.1. The largest absolute Gasteiger partial charge is 0.370 e. The lowest BCUT2D eigenvalue weighted by molar-refractivity contribution is 0.628. The Labute approximate surface area is 119 Å². The number of anilines is 1. The van der Waals surface area contributed by atoms with Crippen LogP contribution in [0.2, 0.25) is 0 Å². The first-order valence-corrected chi connectivity index (χ1v) is 7.03. The second-order valence-corrected chi connectivity index (χ2v) is 4.75. The quantitative estimate of drug-likeness (QED) is 0.895. The third-order valence-corrected chi connectivity index (χ3v) is 3.21. The lowest BCUT2D eigenvalue weighted by atomic mass is 10.1. The Morgan fingerprint density at radius 2 is 1.80 bits per heavy atom. The summed E-state index contributed by atoms with van der Waals surface area (Å²) in [5.41, 5.74) is 2.95. The highest BCUT2D eigenvalue weighted by molar-refractivity contribution is 5.59. The van der Waals surface area contributed by atoms with Gasteiger partial charge in [0.2, 0.25) is 0 Å². The van der Waals surface area contributed by atoms with Gasteiger partial charge in [-0.05, 0) is 44.0 Å². The van der Waals surface area contributed by atoms with Crippen LogP contribution in [0.3, 0.4) is 0 Å². The molecule has 4 heteroatoms. The molecule has 0 aliphatic rings. The van der Waals surface area contributed by atoms with Crippen molar-refractivity contribution in [1.82, 2.24) is 9.97 Å². The van der Waals surface area contributed by atoms with Gasteiger partial charge in [-0.3, -0.25) is 0 Å². The van der Waals surface area contributed by atoms with Crippen molar-refractivity contribution in [3.8, 4) is 11.4 Å². The summed E-state index contributed by atoms with van der Waals surface area (Å²) in [6, 6.07) is 6.28. The van der Waals surface area contributed by atoms with Gasteiger partial charge in [-0.25, -0.2) is 14.4 Å². The second kappa shape index (κ2) is 6.46. The Morgan fingerprint density at radius 3 is 2.40 bits per heavy atom. The van der Waals surface area contributed by atoms with E-state index in [-0.39, 0.29) is 5.82 Å². The van der Waals surface area contributed by atoms with E-state index in [1.807, 2.05) is 6.92 Å². The summed E-state index contributed by atoms with van der Waals surface area (Å²) >= 11 is 0. The van der Waals surface area contributed by atoms with Crippen LogP contribution in [0.25, 0.3) is 11.4 Å². The van der Waals surface area contributed by atoms with Crippen molar-refractivity contribution in [3.63, 3.8) is 0 Å². The van der Waals surface area contributed by atoms with Gasteiger partial charge in [0, 0.05) is 23.4 Å². The molecule has 0 saturated carbocycles. The van der Waals surface area contributed by atoms with Crippen molar-refractivity contribution in [2.75, 3.05) is 11.9 Å². The number of nitrogens with one attached hydrogen (secondary N) is 1. The summed E-state index contributed by atoms with van der Waals surface area (Å²) < 4.78 is 13.0. The summed E-state index contributed by atoms with van der Waals surface area (Å²) in [5, 5.41) is 3.35. The molecule has 2 aromatic rings. The van der Waals surface area contributed by atoms with Gasteiger partial charge < -0.3 is 5.32 Å². The fourth-order valence-electron chi connectivity index (χ4n) is 2.14. The van der Waals surface area contributed by atoms with Crippen LogP contribution in [0, 0.1) is 12.7 Å². The maximum atomic E-state index is 13.0. The minimum absolute atomic E-state index is 0.250. The number of aromatic nitrogens is 2. The Balaban J connectivity index is 2.44. The zero-order valence-corrected chi connectivity index (χ0v) is 12.2. The molecule has 3 nitrogen and oxygen atoms in total. The van der Waals surface area contributed by atoms with Crippen molar-refractivity contribution >= 4 is 5.82 Å². The van der Waals surface area contributed by atoms with Crippen LogP contribution >= 0.6 is 0 Å². The molecule has 1 N–H and O–H groups in total. The average Bonchev–Trinajstić information content (AvgIpc) is 2.45. The highest BCUT2D eigenvalue weighted by Crippen LogP contribution is 2.23. The van der Waals surface area contributed by atoms with E-state index in [0.717, 1.165) is 42.0 Å². The molecular formula is C16H20FN3. The zero-order valence-electron chi connectivity index (χ0n) is 12.2. The lowest BCUT2D eigenvalue weighted by Gasteiger charge is -2.13. The Bertz CT molecular complexity index is 579. The van der Waals surface area contributed by atoms with Crippen molar-refractivity contribution in [2.24, 2.45) is 0 Å². The molecule has 106 valence electrons. The lowest BCUT2D eigenvalue weighted by Crippen LogP contribution is -2.09. The molecule has 0 unspecified atom stereocenters. The predicted molar refractivity (Wildman–Crippen MR) is 80.3 cm³/mol. The van der Waals surface area contributed by atoms with Crippen LogP contribution in [-0.4, -0.2) is 16.5 Å². The minimum Gasteiger partial charge on any atom is -0.370 e. The highest BCUT2D eigenvalue weighted by Gasteiger charge is 2.11. The molecule has 0 bridgehead atoms. The van der Waals surface area contributed by atoms with Gasteiger partial charge in [-0.1, -0.05) is 13.8 Å². The number of aryl methyl sites for hydroxylation is 1. The van der Waals surface area contributed by atoms with Crippen molar-refractivity contribution < 1.29 is 4.39 Å². The summed E-state index contributed by atoms with van der Waals surface area (Å²) in [5.74, 6) is 1.28. The number of nitrogens with zero attached hydrogens (tertiary/aromatic N) is 2. The molecule has 0 amide bonds. The molecule has 0 spiro atoms. The summed E-state index contributed by atoms with van der Waals surface area (Å²) in [6.45, 7) is 7.09. The van der Waals surface area contributed by atoms with Crippen LogP contribution in [0.15, 0.2) is 24.3 Å². The Morgan fingerprint density at radius 1 is 1.10 bits per heavy atom. The average molecular weight is 273 g/mol. The van der Waals surface area contributed by atoms with E-state index in [9.17, 15) is 4.39 Å². The number of halogens is 1. The van der Waals surface area contributed by atoms with Gasteiger partial charge in [0.1, 0.15) is 11.6 Å². The van der Waals surface area contributed by atoms with E-state index < -0.39 is 0 Å². The third-order valence-electron chi connectivity index (χ3n) is 3.21. The van der Waals surface area contributed by atoms with E-state index in [1.165, 1.54) is 12.1 Å². The summed E-state index contributed by atoms with van der Waals surface area (Å²) in [4.78, 5) is 9.14. The maximum Gasteiger partial charge on any atom is 0.161 e. The maximum absolute atomic E-state index is 13.0. The Kier molecular flexibility index (Phi) is 4.66. The minimum atomic E-state index is -0.250. The fraction of sp³-hybridized carbons (Fsp3) is 0.375. The van der Waals surface area contributed by atoms with E-state index >= 15 is 0 Å². The van der Waals surface area contributed by atoms with Crippen LogP contribution in [-0.2, 0) is 6.42 Å². The van der Waals surface area contributed by atoms with E-state index in [1.54, 1.807) is 12.1 Å². The van der Waals surface area contributed by atoms with Gasteiger partial charge >= 0.3 is 0 Å². The monoisotopic (exact) mass is 273 g/mol. The molecule has 0 radical (unpaired) electrons. The molecular weight excluding hydrogens is 253 g/mol. The van der Waals surface area contributed by atoms with Crippen LogP contribution < -0.4 is 5.32 Å². The molecule has 0 aliphatic carbocycles. The normalized spacial score (nSPS) is 10.6. The number of benzene rings is 1. The van der Waals surface area contributed by atoms with Crippen LogP contribution in [0.1, 0.15) is 31.5 Å². The first-order chi connectivity index (χ1) is 9.65. The van der Waals surface area contributed by atoms with Crippen molar-refractivity contribution in [2.45, 2.75) is 33.6 Å².